The number of aliphatic hydroxyl groups excluding tert-OH is 1. The molecule has 76 valence electrons. The number of thioether (sulfide) groups is 1. The number of hydrogen-bond acceptors (Lipinski definition) is 5. The molecule has 4 nitrogen and oxygen atoms in total. The lowest BCUT2D eigenvalue weighted by Gasteiger charge is -2.39. The molecule has 5 heteroatoms. The number of anilines is 1. The lowest BCUT2D eigenvalue weighted by atomic mass is 10.0. The molecule has 1 N–H and O–H groups in total. The van der Waals surface area contributed by atoms with Crippen LogP contribution in [0.25, 0.3) is 0 Å². The number of nitrogens with zero attached hydrogens (tertiary/aromatic N) is 3. The summed E-state index contributed by atoms with van der Waals surface area (Å²) < 4.78 is 0. The fourth-order valence-corrected chi connectivity index (χ4v) is 1.83. The van der Waals surface area contributed by atoms with Crippen molar-refractivity contribution < 1.29 is 5.11 Å². The van der Waals surface area contributed by atoms with E-state index < -0.39 is 0 Å². The van der Waals surface area contributed by atoms with E-state index in [-0.39, 0.29) is 6.61 Å². The summed E-state index contributed by atoms with van der Waals surface area (Å²) in [5.41, 5.74) is 0. The van der Waals surface area contributed by atoms with Crippen LogP contribution >= 0.6 is 11.8 Å². The van der Waals surface area contributed by atoms with E-state index in [1.54, 1.807) is 18.0 Å². The van der Waals surface area contributed by atoms with Gasteiger partial charge in [0.25, 0.3) is 0 Å². The number of hydrogen-bond donors (Lipinski definition) is 1. The van der Waals surface area contributed by atoms with Gasteiger partial charge in [0.2, 0.25) is 0 Å². The zero-order valence-corrected chi connectivity index (χ0v) is 8.87. The maximum absolute atomic E-state index is 8.89. The summed E-state index contributed by atoms with van der Waals surface area (Å²) in [6, 6.07) is 1.91. The van der Waals surface area contributed by atoms with Crippen molar-refractivity contribution in [3.63, 3.8) is 0 Å². The van der Waals surface area contributed by atoms with Crippen LogP contribution < -0.4 is 4.90 Å². The molecule has 1 fully saturated rings. The van der Waals surface area contributed by atoms with Gasteiger partial charge in [0.15, 0.2) is 5.16 Å². The van der Waals surface area contributed by atoms with E-state index in [1.807, 2.05) is 12.3 Å². The minimum absolute atomic E-state index is 0.275. The van der Waals surface area contributed by atoms with Gasteiger partial charge in [-0.2, -0.15) is 0 Å². The molecule has 1 saturated heterocycles. The summed E-state index contributed by atoms with van der Waals surface area (Å²) in [6.07, 6.45) is 3.74. The zero-order valence-electron chi connectivity index (χ0n) is 8.05. The molecule has 0 unspecified atom stereocenters. The summed E-state index contributed by atoms with van der Waals surface area (Å²) in [5.74, 6) is 1.39. The standard InChI is InChI=1S/C9H13N3OS/c1-14-9-10-3-2-8(11-9)12-4-7(5-12)6-13/h2-3,7,13H,4-6H2,1H3. The van der Waals surface area contributed by atoms with Gasteiger partial charge in [-0.3, -0.25) is 0 Å². The maximum Gasteiger partial charge on any atom is 0.189 e. The fourth-order valence-electron chi connectivity index (χ4n) is 1.48. The maximum atomic E-state index is 8.89. The Kier molecular flexibility index (Phi) is 2.88. The number of aliphatic hydroxyl groups is 1. The molecule has 0 aliphatic carbocycles. The van der Waals surface area contributed by atoms with Gasteiger partial charge in [0.05, 0.1) is 0 Å². The Labute approximate surface area is 87.4 Å². The van der Waals surface area contributed by atoms with Crippen LogP contribution in [0.4, 0.5) is 5.82 Å². The lowest BCUT2D eigenvalue weighted by Crippen LogP contribution is -2.48. The highest BCUT2D eigenvalue weighted by atomic mass is 32.2. The van der Waals surface area contributed by atoms with Crippen molar-refractivity contribution in [2.75, 3.05) is 30.9 Å². The average Bonchev–Trinajstić information content (AvgIpc) is 2.17. The first-order valence-corrected chi connectivity index (χ1v) is 5.79. The Hall–Kier alpha value is -0.810. The van der Waals surface area contributed by atoms with E-state index in [9.17, 15) is 0 Å². The third-order valence-electron chi connectivity index (χ3n) is 2.34. The summed E-state index contributed by atoms with van der Waals surface area (Å²) >= 11 is 1.54. The summed E-state index contributed by atoms with van der Waals surface area (Å²) in [6.45, 7) is 2.08. The van der Waals surface area contributed by atoms with Crippen molar-refractivity contribution in [2.24, 2.45) is 5.92 Å². The highest BCUT2D eigenvalue weighted by Crippen LogP contribution is 2.23. The van der Waals surface area contributed by atoms with Crippen LogP contribution in [0.15, 0.2) is 17.4 Å². The number of aromatic nitrogens is 2. The normalized spacial score (nSPS) is 16.9. The Bertz CT molecular complexity index is 315. The van der Waals surface area contributed by atoms with Crippen molar-refractivity contribution in [3.8, 4) is 0 Å². The van der Waals surface area contributed by atoms with Gasteiger partial charge in [0, 0.05) is 31.8 Å². The molecule has 14 heavy (non-hydrogen) atoms. The third-order valence-corrected chi connectivity index (χ3v) is 2.90. The minimum Gasteiger partial charge on any atom is -0.396 e. The van der Waals surface area contributed by atoms with Crippen LogP contribution in [0, 0.1) is 5.92 Å². The fraction of sp³-hybridized carbons (Fsp3) is 0.556. The van der Waals surface area contributed by atoms with E-state index >= 15 is 0 Å². The molecule has 1 aromatic rings. The minimum atomic E-state index is 0.275. The predicted octanol–water partition coefficient (Wildman–Crippen LogP) is 0.627. The molecular weight excluding hydrogens is 198 g/mol. The van der Waals surface area contributed by atoms with E-state index in [2.05, 4.69) is 14.9 Å². The Morgan fingerprint density at radius 3 is 3.07 bits per heavy atom. The Balaban J connectivity index is 2.03. The van der Waals surface area contributed by atoms with Crippen molar-refractivity contribution >= 4 is 17.6 Å². The smallest absolute Gasteiger partial charge is 0.189 e. The van der Waals surface area contributed by atoms with Gasteiger partial charge >= 0.3 is 0 Å². The van der Waals surface area contributed by atoms with Crippen molar-refractivity contribution in [1.82, 2.24) is 9.97 Å². The Morgan fingerprint density at radius 2 is 2.43 bits per heavy atom. The van der Waals surface area contributed by atoms with Crippen LogP contribution in [0.5, 0.6) is 0 Å². The molecule has 0 radical (unpaired) electrons. The third kappa shape index (κ3) is 1.83. The average molecular weight is 211 g/mol. The molecule has 0 bridgehead atoms. The first-order chi connectivity index (χ1) is 6.83. The molecular formula is C9H13N3OS. The molecule has 0 amide bonds. The molecule has 0 atom stereocenters. The quantitative estimate of drug-likeness (QED) is 0.587. The van der Waals surface area contributed by atoms with Crippen LogP contribution in [0.1, 0.15) is 0 Å². The second-order valence-electron chi connectivity index (χ2n) is 3.36. The van der Waals surface area contributed by atoms with Gasteiger partial charge in [-0.1, -0.05) is 11.8 Å². The topological polar surface area (TPSA) is 49.2 Å². The first-order valence-electron chi connectivity index (χ1n) is 4.56. The largest absolute Gasteiger partial charge is 0.396 e. The van der Waals surface area contributed by atoms with Gasteiger partial charge in [0.1, 0.15) is 5.82 Å². The second kappa shape index (κ2) is 4.14. The molecule has 0 aromatic carbocycles. The molecule has 2 rings (SSSR count). The summed E-state index contributed by atoms with van der Waals surface area (Å²) in [5, 5.41) is 9.69. The van der Waals surface area contributed by atoms with Crippen molar-refractivity contribution in [3.05, 3.63) is 12.3 Å². The second-order valence-corrected chi connectivity index (χ2v) is 4.13. The Morgan fingerprint density at radius 1 is 1.64 bits per heavy atom. The van der Waals surface area contributed by atoms with E-state index in [1.165, 1.54) is 0 Å². The van der Waals surface area contributed by atoms with Gasteiger partial charge < -0.3 is 10.0 Å². The van der Waals surface area contributed by atoms with Gasteiger partial charge in [-0.05, 0) is 12.3 Å². The van der Waals surface area contributed by atoms with Crippen molar-refractivity contribution in [1.29, 1.82) is 0 Å². The summed E-state index contributed by atoms with van der Waals surface area (Å²) in [7, 11) is 0. The highest BCUT2D eigenvalue weighted by molar-refractivity contribution is 7.98. The SMILES string of the molecule is CSc1nccc(N2CC(CO)C2)n1. The number of rotatable bonds is 3. The summed E-state index contributed by atoms with van der Waals surface area (Å²) in [4.78, 5) is 10.6. The molecule has 2 heterocycles. The molecule has 1 aliphatic heterocycles. The van der Waals surface area contributed by atoms with Crippen LogP contribution in [-0.2, 0) is 0 Å². The van der Waals surface area contributed by atoms with E-state index in [0.29, 0.717) is 5.92 Å². The molecule has 0 spiro atoms. The van der Waals surface area contributed by atoms with Crippen LogP contribution in [0.3, 0.4) is 0 Å². The molecule has 0 saturated carbocycles. The van der Waals surface area contributed by atoms with E-state index in [0.717, 1.165) is 24.1 Å². The monoisotopic (exact) mass is 211 g/mol. The highest BCUT2D eigenvalue weighted by Gasteiger charge is 2.26. The van der Waals surface area contributed by atoms with Crippen molar-refractivity contribution in [2.45, 2.75) is 5.16 Å². The first kappa shape index (κ1) is 9.73. The van der Waals surface area contributed by atoms with Crippen LogP contribution in [0.2, 0.25) is 0 Å². The van der Waals surface area contributed by atoms with Gasteiger partial charge in [-0.15, -0.1) is 0 Å². The molecule has 1 aromatic heterocycles. The van der Waals surface area contributed by atoms with E-state index in [4.69, 9.17) is 5.11 Å². The van der Waals surface area contributed by atoms with Gasteiger partial charge in [-0.25, -0.2) is 9.97 Å². The predicted molar refractivity (Wildman–Crippen MR) is 56.6 cm³/mol. The molecule has 1 aliphatic rings. The van der Waals surface area contributed by atoms with Crippen LogP contribution in [-0.4, -0.2) is 41.0 Å². The zero-order chi connectivity index (χ0) is 9.97. The lowest BCUT2D eigenvalue weighted by molar-refractivity contribution is 0.200.